The maximum absolute atomic E-state index is 13.9. The van der Waals surface area contributed by atoms with Gasteiger partial charge in [0.25, 0.3) is 5.56 Å². The molecule has 3 N–H and O–H groups in total. The lowest BCUT2D eigenvalue weighted by molar-refractivity contribution is 0.322. The molecule has 0 aliphatic carbocycles. The number of nitrogens with one attached hydrogen (secondary N) is 2. The van der Waals surface area contributed by atoms with E-state index in [9.17, 15) is 9.59 Å². The van der Waals surface area contributed by atoms with Crippen LogP contribution in [-0.4, -0.2) is 30.9 Å². The van der Waals surface area contributed by atoms with Crippen molar-refractivity contribution in [2.75, 3.05) is 5.32 Å². The summed E-state index contributed by atoms with van der Waals surface area (Å²) in [6, 6.07) is 15.1. The van der Waals surface area contributed by atoms with Crippen molar-refractivity contribution in [2.24, 2.45) is 5.16 Å². The normalized spacial score (nSPS) is 12.4. The molecular weight excluding hydrogens is 468 g/mol. The number of pyridine rings is 2. The molecule has 3 heterocycles. The van der Waals surface area contributed by atoms with Crippen LogP contribution in [0.15, 0.2) is 81.9 Å². The first-order valence-corrected chi connectivity index (χ1v) is 11.1. The van der Waals surface area contributed by atoms with Crippen LogP contribution in [0.4, 0.5) is 5.82 Å². The van der Waals surface area contributed by atoms with Crippen LogP contribution in [0.25, 0.3) is 27.5 Å². The first-order chi connectivity index (χ1) is 17.0. The van der Waals surface area contributed by atoms with Crippen molar-refractivity contribution in [3.63, 3.8) is 0 Å². The summed E-state index contributed by atoms with van der Waals surface area (Å²) in [5.41, 5.74) is 1.33. The van der Waals surface area contributed by atoms with Crippen LogP contribution in [0.3, 0.4) is 0 Å². The molecule has 1 atom stereocenters. The zero-order chi connectivity index (χ0) is 24.5. The fourth-order valence-corrected chi connectivity index (χ4v) is 4.63. The van der Waals surface area contributed by atoms with E-state index in [2.05, 4.69) is 25.4 Å². The molecule has 2 aromatic carbocycles. The first kappa shape index (κ1) is 22.3. The van der Waals surface area contributed by atoms with Gasteiger partial charge in [0.2, 0.25) is 0 Å². The minimum Gasteiger partial charge on any atom is -0.411 e. The number of halogens is 1. The maximum atomic E-state index is 13.9. The number of H-pyrrole nitrogens is 1. The summed E-state index contributed by atoms with van der Waals surface area (Å²) < 4.78 is 1.52. The lowest BCUT2D eigenvalue weighted by Gasteiger charge is -2.23. The molecule has 1 unspecified atom stereocenters. The van der Waals surface area contributed by atoms with Crippen LogP contribution < -0.4 is 16.3 Å². The number of hydrogen-bond donors (Lipinski definition) is 3. The molecule has 174 valence electrons. The molecule has 0 aliphatic rings. The molecule has 5 rings (SSSR count). The molecule has 0 spiro atoms. The fourth-order valence-electron chi connectivity index (χ4n) is 4.23. The monoisotopic (exact) mass is 486 g/mol. The van der Waals surface area contributed by atoms with E-state index in [1.54, 1.807) is 30.3 Å². The highest BCUT2D eigenvalue weighted by molar-refractivity contribution is 6.36. The number of aromatic amines is 1. The van der Waals surface area contributed by atoms with Gasteiger partial charge < -0.3 is 15.5 Å². The lowest BCUT2D eigenvalue weighted by atomic mass is 10.0. The second-order valence-electron chi connectivity index (χ2n) is 7.84. The molecule has 0 fully saturated rings. The van der Waals surface area contributed by atoms with Gasteiger partial charge in [-0.2, -0.15) is 0 Å². The molecule has 5 aromatic rings. The lowest BCUT2D eigenvalue weighted by Crippen LogP contribution is -2.27. The summed E-state index contributed by atoms with van der Waals surface area (Å²) >= 11 is 6.94. The highest BCUT2D eigenvalue weighted by atomic mass is 35.5. The van der Waals surface area contributed by atoms with Crippen molar-refractivity contribution < 1.29 is 5.21 Å². The molecule has 35 heavy (non-hydrogen) atoms. The third kappa shape index (κ3) is 3.81. The second-order valence-corrected chi connectivity index (χ2v) is 8.22. The summed E-state index contributed by atoms with van der Waals surface area (Å²) in [5, 5.41) is 16.9. The third-order valence-corrected chi connectivity index (χ3v) is 6.14. The molecule has 0 amide bonds. The number of anilines is 1. The quantitative estimate of drug-likeness (QED) is 0.194. The number of para-hydroxylation sites is 1. The largest absolute Gasteiger partial charge is 0.411 e. The molecule has 0 radical (unpaired) electrons. The SMILES string of the molecule is CC(Nc1ncnc2[nH]ccc(=O)c12)c1c(Cl)c2cccc(/C=N\O)c2c(=O)n1-c1ccccc1. The minimum absolute atomic E-state index is 0.243. The Morgan fingerprint density at radius 1 is 1.09 bits per heavy atom. The molecule has 0 bridgehead atoms. The molecule has 0 saturated heterocycles. The standard InChI is InChI=1S/C25H19ClN6O3/c1-14(31-24-20-18(33)10-11-27-23(20)28-13-29-24)22-21(26)17-9-5-6-15(12-30-35)19(17)25(34)32(22)16-7-3-2-4-8-16/h2-14,35H,1H3,(H2,27,28,29,31,33)/b30-12-. The van der Waals surface area contributed by atoms with Crippen molar-refractivity contribution in [3.05, 3.63) is 104 Å². The number of oxime groups is 1. The van der Waals surface area contributed by atoms with Gasteiger partial charge >= 0.3 is 0 Å². The molecule has 9 nitrogen and oxygen atoms in total. The Hall–Kier alpha value is -4.50. The Balaban J connectivity index is 1.79. The van der Waals surface area contributed by atoms with Gasteiger partial charge in [0.15, 0.2) is 5.43 Å². The Labute approximate surface area is 203 Å². The van der Waals surface area contributed by atoms with Gasteiger partial charge in [0, 0.05) is 28.9 Å². The van der Waals surface area contributed by atoms with Crippen molar-refractivity contribution in [1.82, 2.24) is 19.5 Å². The topological polar surface area (TPSA) is 125 Å². The van der Waals surface area contributed by atoms with Gasteiger partial charge in [-0.15, -0.1) is 0 Å². The van der Waals surface area contributed by atoms with Gasteiger partial charge in [0.05, 0.1) is 28.4 Å². The highest BCUT2D eigenvalue weighted by Crippen LogP contribution is 2.33. The summed E-state index contributed by atoms with van der Waals surface area (Å²) in [7, 11) is 0. The van der Waals surface area contributed by atoms with E-state index in [4.69, 9.17) is 16.8 Å². The van der Waals surface area contributed by atoms with E-state index < -0.39 is 6.04 Å². The van der Waals surface area contributed by atoms with E-state index in [0.29, 0.717) is 49.6 Å². The van der Waals surface area contributed by atoms with Gasteiger partial charge in [-0.1, -0.05) is 53.2 Å². The van der Waals surface area contributed by atoms with Crippen molar-refractivity contribution >= 4 is 45.4 Å². The second kappa shape index (κ2) is 9.03. The molecule has 3 aromatic heterocycles. The van der Waals surface area contributed by atoms with E-state index >= 15 is 0 Å². The predicted molar refractivity (Wildman–Crippen MR) is 136 cm³/mol. The summed E-state index contributed by atoms with van der Waals surface area (Å²) in [6.07, 6.45) is 4.07. The Morgan fingerprint density at radius 3 is 2.66 bits per heavy atom. The van der Waals surface area contributed by atoms with Crippen molar-refractivity contribution in [1.29, 1.82) is 0 Å². The van der Waals surface area contributed by atoms with E-state index in [0.717, 1.165) is 0 Å². The van der Waals surface area contributed by atoms with Crippen molar-refractivity contribution in [3.8, 4) is 5.69 Å². The Morgan fingerprint density at radius 2 is 1.89 bits per heavy atom. The summed E-state index contributed by atoms with van der Waals surface area (Å²) in [5.74, 6) is 0.314. The van der Waals surface area contributed by atoms with E-state index in [-0.39, 0.29) is 11.0 Å². The van der Waals surface area contributed by atoms with E-state index in [1.807, 2.05) is 25.1 Å². The third-order valence-electron chi connectivity index (χ3n) is 5.74. The van der Waals surface area contributed by atoms with Crippen LogP contribution in [0.2, 0.25) is 5.02 Å². The zero-order valence-corrected chi connectivity index (χ0v) is 19.2. The van der Waals surface area contributed by atoms with E-state index in [1.165, 1.54) is 29.4 Å². The first-order valence-electron chi connectivity index (χ1n) is 10.7. The molecule has 0 saturated carbocycles. The zero-order valence-electron chi connectivity index (χ0n) is 18.4. The average molecular weight is 487 g/mol. The van der Waals surface area contributed by atoms with Crippen LogP contribution in [0.5, 0.6) is 0 Å². The number of rotatable bonds is 5. The van der Waals surface area contributed by atoms with Crippen molar-refractivity contribution in [2.45, 2.75) is 13.0 Å². The number of hydrogen-bond acceptors (Lipinski definition) is 7. The Bertz CT molecular complexity index is 1710. The maximum Gasteiger partial charge on any atom is 0.264 e. The molecular formula is C25H19ClN6O3. The predicted octanol–water partition coefficient (Wildman–Crippen LogP) is 4.26. The Kier molecular flexibility index (Phi) is 5.76. The van der Waals surface area contributed by atoms with Crippen LogP contribution >= 0.6 is 11.6 Å². The van der Waals surface area contributed by atoms with Gasteiger partial charge in [-0.3, -0.25) is 14.2 Å². The van der Waals surface area contributed by atoms with Gasteiger partial charge in [0.1, 0.15) is 23.2 Å². The van der Waals surface area contributed by atoms with Gasteiger partial charge in [-0.25, -0.2) is 9.97 Å². The van der Waals surface area contributed by atoms with Crippen LogP contribution in [0.1, 0.15) is 24.2 Å². The molecule has 0 aliphatic heterocycles. The summed E-state index contributed by atoms with van der Waals surface area (Å²) in [4.78, 5) is 37.8. The fraction of sp³-hybridized carbons (Fsp3) is 0.0800. The smallest absolute Gasteiger partial charge is 0.264 e. The highest BCUT2D eigenvalue weighted by Gasteiger charge is 2.23. The molecule has 10 heteroatoms. The number of fused-ring (bicyclic) bond motifs is 2. The van der Waals surface area contributed by atoms with Crippen LogP contribution in [0, 0.1) is 0 Å². The minimum atomic E-state index is -0.548. The number of aromatic nitrogens is 4. The average Bonchev–Trinajstić information content (AvgIpc) is 2.87. The van der Waals surface area contributed by atoms with Crippen LogP contribution in [-0.2, 0) is 0 Å². The number of benzene rings is 2. The van der Waals surface area contributed by atoms with Gasteiger partial charge in [-0.05, 0) is 19.1 Å². The summed E-state index contributed by atoms with van der Waals surface area (Å²) in [6.45, 7) is 1.83. The number of nitrogens with zero attached hydrogens (tertiary/aromatic N) is 4.